The summed E-state index contributed by atoms with van der Waals surface area (Å²) in [7, 11) is -0.979. The highest BCUT2D eigenvalue weighted by molar-refractivity contribution is 7.87. The molecule has 0 aliphatic rings. The Kier molecular flexibility index (Phi) is 7.28. The summed E-state index contributed by atoms with van der Waals surface area (Å²) in [4.78, 5) is 10.8. The zero-order valence-electron chi connectivity index (χ0n) is 10.3. The maximum absolute atomic E-state index is 11.6. The van der Waals surface area contributed by atoms with Gasteiger partial charge in [-0.3, -0.25) is 4.79 Å². The van der Waals surface area contributed by atoms with E-state index in [0.717, 1.165) is 4.31 Å². The van der Waals surface area contributed by atoms with Crippen molar-refractivity contribution < 1.29 is 23.1 Å². The summed E-state index contributed by atoms with van der Waals surface area (Å²) in [5.41, 5.74) is 0. The van der Waals surface area contributed by atoms with Crippen LogP contribution in [0, 0.1) is 0 Å². The Hall–Kier alpha value is -0.700. The van der Waals surface area contributed by atoms with Crippen molar-refractivity contribution in [2.45, 2.75) is 25.9 Å². The van der Waals surface area contributed by atoms with Gasteiger partial charge in [-0.1, -0.05) is 0 Å². The van der Waals surface area contributed by atoms with E-state index in [2.05, 4.69) is 9.46 Å². The highest BCUT2D eigenvalue weighted by Crippen LogP contribution is 1.98. The molecule has 0 saturated heterocycles. The number of rotatable bonds is 8. The predicted octanol–water partition coefficient (Wildman–Crippen LogP) is -0.913. The number of carbonyl (C=O) groups excluding carboxylic acids is 1. The Balaban J connectivity index is 4.07. The van der Waals surface area contributed by atoms with Crippen molar-refractivity contribution in [1.29, 1.82) is 0 Å². The number of hydrogen-bond acceptors (Lipinski definition) is 5. The van der Waals surface area contributed by atoms with Crippen LogP contribution in [0.1, 0.15) is 19.8 Å². The third kappa shape index (κ3) is 7.27. The maximum atomic E-state index is 11.6. The van der Waals surface area contributed by atoms with Gasteiger partial charge in [0.05, 0.1) is 19.6 Å². The lowest BCUT2D eigenvalue weighted by atomic mass is 10.3. The van der Waals surface area contributed by atoms with Crippen LogP contribution in [-0.4, -0.2) is 57.1 Å². The highest BCUT2D eigenvalue weighted by Gasteiger charge is 2.17. The standard InChI is InChI=1S/C9H20N2O5S/c1-8(12)4-6-10-17(14,15)11(2)7-5-9(13)16-3/h8,10,12H,4-7H2,1-3H3. The Bertz CT molecular complexity index is 328. The molecule has 1 atom stereocenters. The Labute approximate surface area is 102 Å². The molecule has 0 heterocycles. The van der Waals surface area contributed by atoms with Crippen LogP contribution in [0.4, 0.5) is 0 Å². The summed E-state index contributed by atoms with van der Waals surface area (Å²) < 4.78 is 31.0. The number of hydrogen-bond donors (Lipinski definition) is 2. The van der Waals surface area contributed by atoms with E-state index in [-0.39, 0.29) is 19.5 Å². The van der Waals surface area contributed by atoms with Crippen LogP contribution >= 0.6 is 0 Å². The van der Waals surface area contributed by atoms with Crippen LogP contribution in [0.5, 0.6) is 0 Å². The molecule has 0 aromatic heterocycles. The first-order valence-electron chi connectivity index (χ1n) is 5.25. The Morgan fingerprint density at radius 1 is 1.53 bits per heavy atom. The normalized spacial score (nSPS) is 13.7. The molecule has 0 fully saturated rings. The lowest BCUT2D eigenvalue weighted by Gasteiger charge is -2.17. The molecule has 0 aromatic rings. The molecule has 0 aromatic carbocycles. The molecule has 7 nitrogen and oxygen atoms in total. The summed E-state index contributed by atoms with van der Waals surface area (Å²) in [5, 5.41) is 8.99. The van der Waals surface area contributed by atoms with Gasteiger partial charge in [-0.2, -0.15) is 12.7 Å². The van der Waals surface area contributed by atoms with Gasteiger partial charge in [0.2, 0.25) is 0 Å². The van der Waals surface area contributed by atoms with E-state index < -0.39 is 22.3 Å². The minimum atomic E-state index is -3.60. The van der Waals surface area contributed by atoms with Crippen LogP contribution in [0.3, 0.4) is 0 Å². The number of nitrogens with one attached hydrogen (secondary N) is 1. The molecular weight excluding hydrogens is 248 g/mol. The zero-order valence-corrected chi connectivity index (χ0v) is 11.2. The smallest absolute Gasteiger partial charge is 0.306 e. The molecule has 8 heteroatoms. The molecule has 1 unspecified atom stereocenters. The van der Waals surface area contributed by atoms with Gasteiger partial charge in [0.1, 0.15) is 0 Å². The monoisotopic (exact) mass is 268 g/mol. The number of nitrogens with zero attached hydrogens (tertiary/aromatic N) is 1. The lowest BCUT2D eigenvalue weighted by Crippen LogP contribution is -2.40. The highest BCUT2D eigenvalue weighted by atomic mass is 32.2. The molecule has 0 spiro atoms. The molecule has 0 saturated carbocycles. The third-order valence-electron chi connectivity index (χ3n) is 2.12. The van der Waals surface area contributed by atoms with Crippen molar-refractivity contribution in [3.05, 3.63) is 0 Å². The molecule has 0 rings (SSSR count). The molecule has 0 aliphatic carbocycles. The van der Waals surface area contributed by atoms with Crippen molar-refractivity contribution in [3.63, 3.8) is 0 Å². The second-order valence-corrected chi connectivity index (χ2v) is 5.55. The summed E-state index contributed by atoms with van der Waals surface area (Å²) >= 11 is 0. The summed E-state index contributed by atoms with van der Waals surface area (Å²) in [6.07, 6.45) is -0.216. The van der Waals surface area contributed by atoms with Crippen LogP contribution in [0.2, 0.25) is 0 Å². The van der Waals surface area contributed by atoms with Gasteiger partial charge < -0.3 is 9.84 Å². The maximum Gasteiger partial charge on any atom is 0.306 e. The molecule has 0 bridgehead atoms. The van der Waals surface area contributed by atoms with Crippen LogP contribution < -0.4 is 4.72 Å². The number of ether oxygens (including phenoxy) is 1. The van der Waals surface area contributed by atoms with Gasteiger partial charge in [-0.15, -0.1) is 0 Å². The molecule has 2 N–H and O–H groups in total. The van der Waals surface area contributed by atoms with E-state index in [1.807, 2.05) is 0 Å². The van der Waals surface area contributed by atoms with Gasteiger partial charge >= 0.3 is 5.97 Å². The number of esters is 1. The van der Waals surface area contributed by atoms with E-state index >= 15 is 0 Å². The average Bonchev–Trinajstić information content (AvgIpc) is 2.24. The second-order valence-electron chi connectivity index (χ2n) is 3.68. The number of methoxy groups -OCH3 is 1. The van der Waals surface area contributed by atoms with Crippen molar-refractivity contribution >= 4 is 16.2 Å². The molecule has 0 amide bonds. The van der Waals surface area contributed by atoms with Gasteiger partial charge in [0, 0.05) is 20.1 Å². The van der Waals surface area contributed by atoms with Gasteiger partial charge in [0.15, 0.2) is 0 Å². The topological polar surface area (TPSA) is 95.9 Å². The minimum Gasteiger partial charge on any atom is -0.469 e. The molecule has 17 heavy (non-hydrogen) atoms. The van der Waals surface area contributed by atoms with Crippen molar-refractivity contribution in [3.8, 4) is 0 Å². The number of aliphatic hydroxyl groups is 1. The number of aliphatic hydroxyl groups excluding tert-OH is 1. The third-order valence-corrected chi connectivity index (χ3v) is 3.69. The van der Waals surface area contributed by atoms with Crippen molar-refractivity contribution in [2.75, 3.05) is 27.2 Å². The van der Waals surface area contributed by atoms with Gasteiger partial charge in [-0.05, 0) is 13.3 Å². The fraction of sp³-hybridized carbons (Fsp3) is 0.889. The molecule has 0 radical (unpaired) electrons. The first-order valence-corrected chi connectivity index (χ1v) is 6.69. The largest absolute Gasteiger partial charge is 0.469 e. The molecule has 102 valence electrons. The fourth-order valence-electron chi connectivity index (χ4n) is 0.978. The Morgan fingerprint density at radius 2 is 2.12 bits per heavy atom. The number of carbonyl (C=O) groups is 1. The second kappa shape index (κ2) is 7.59. The predicted molar refractivity (Wildman–Crippen MR) is 62.5 cm³/mol. The van der Waals surface area contributed by atoms with E-state index in [4.69, 9.17) is 5.11 Å². The van der Waals surface area contributed by atoms with E-state index in [1.54, 1.807) is 6.92 Å². The van der Waals surface area contributed by atoms with Gasteiger partial charge in [-0.25, -0.2) is 4.72 Å². The minimum absolute atomic E-state index is 0.00428. The van der Waals surface area contributed by atoms with E-state index in [0.29, 0.717) is 6.42 Å². The first kappa shape index (κ1) is 16.3. The quantitative estimate of drug-likeness (QED) is 0.555. The van der Waals surface area contributed by atoms with Crippen LogP contribution in [0.25, 0.3) is 0 Å². The summed E-state index contributed by atoms with van der Waals surface area (Å²) in [6.45, 7) is 1.79. The van der Waals surface area contributed by atoms with Crippen LogP contribution in [-0.2, 0) is 19.7 Å². The first-order chi connectivity index (χ1) is 7.79. The Morgan fingerprint density at radius 3 is 2.59 bits per heavy atom. The van der Waals surface area contributed by atoms with Crippen LogP contribution in [0.15, 0.2) is 0 Å². The van der Waals surface area contributed by atoms with Crippen molar-refractivity contribution in [1.82, 2.24) is 9.03 Å². The van der Waals surface area contributed by atoms with Crippen molar-refractivity contribution in [2.24, 2.45) is 0 Å². The lowest BCUT2D eigenvalue weighted by molar-refractivity contribution is -0.140. The van der Waals surface area contributed by atoms with Gasteiger partial charge in [0.25, 0.3) is 10.2 Å². The molecular formula is C9H20N2O5S. The average molecular weight is 268 g/mol. The van der Waals surface area contributed by atoms with E-state index in [9.17, 15) is 13.2 Å². The fourth-order valence-corrected chi connectivity index (χ4v) is 1.91. The van der Waals surface area contributed by atoms with E-state index in [1.165, 1.54) is 14.2 Å². The SMILES string of the molecule is COC(=O)CCN(C)S(=O)(=O)NCCC(C)O. The summed E-state index contributed by atoms with van der Waals surface area (Å²) in [5.74, 6) is -0.462. The zero-order chi connectivity index (χ0) is 13.5. The molecule has 0 aliphatic heterocycles. The summed E-state index contributed by atoms with van der Waals surface area (Å²) in [6, 6.07) is 0.